The van der Waals surface area contributed by atoms with E-state index in [2.05, 4.69) is 84.9 Å². The molecule has 5 aromatic carbocycles. The largest absolute Gasteiger partial charge is 0.456 e. The van der Waals surface area contributed by atoms with Gasteiger partial charge in [0.25, 0.3) is 0 Å². The fourth-order valence-corrected chi connectivity index (χ4v) is 9.65. The highest BCUT2D eigenvalue weighted by molar-refractivity contribution is 6.06. The molecular weight excluding hydrogens is 601 g/mol. The summed E-state index contributed by atoms with van der Waals surface area (Å²) in [7, 11) is 0. The number of nitriles is 1. The van der Waals surface area contributed by atoms with Crippen LogP contribution in [0.5, 0.6) is 0 Å². The molecule has 7 aromatic rings. The number of benzene rings is 5. The molecule has 5 heteroatoms. The number of hydrogen-bond acceptors (Lipinski definition) is 5. The van der Waals surface area contributed by atoms with Crippen LogP contribution in [-0.2, 0) is 5.41 Å². The zero-order chi connectivity index (χ0) is 32.5. The van der Waals surface area contributed by atoms with Crippen molar-refractivity contribution in [2.24, 2.45) is 17.8 Å². The fraction of sp³-hybridized carbons (Fsp3) is 0.227. The molecule has 0 saturated heterocycles. The van der Waals surface area contributed by atoms with Crippen molar-refractivity contribution in [3.05, 3.63) is 126 Å². The summed E-state index contributed by atoms with van der Waals surface area (Å²) in [6, 6.07) is 41.8. The van der Waals surface area contributed by atoms with Gasteiger partial charge in [0, 0.05) is 27.5 Å². The van der Waals surface area contributed by atoms with E-state index in [4.69, 9.17) is 19.4 Å². The maximum Gasteiger partial charge on any atom is 0.164 e. The molecule has 4 aliphatic rings. The summed E-state index contributed by atoms with van der Waals surface area (Å²) in [5.41, 5.74) is 9.03. The minimum Gasteiger partial charge on any atom is -0.456 e. The van der Waals surface area contributed by atoms with Crippen molar-refractivity contribution >= 4 is 21.9 Å². The molecule has 0 unspecified atom stereocenters. The van der Waals surface area contributed by atoms with Gasteiger partial charge >= 0.3 is 0 Å². The molecule has 2 aromatic heterocycles. The van der Waals surface area contributed by atoms with Crippen LogP contribution in [0.4, 0.5) is 0 Å². The van der Waals surface area contributed by atoms with Crippen LogP contribution in [-0.4, -0.2) is 15.0 Å². The highest BCUT2D eigenvalue weighted by Crippen LogP contribution is 2.60. The van der Waals surface area contributed by atoms with Gasteiger partial charge in [-0.3, -0.25) is 0 Å². The van der Waals surface area contributed by atoms with Crippen molar-refractivity contribution in [3.63, 3.8) is 0 Å². The van der Waals surface area contributed by atoms with Gasteiger partial charge in [-0.05, 0) is 115 Å². The molecule has 0 aliphatic heterocycles. The van der Waals surface area contributed by atoms with Gasteiger partial charge in [-0.15, -0.1) is 0 Å². The first-order valence-electron chi connectivity index (χ1n) is 17.5. The van der Waals surface area contributed by atoms with Crippen molar-refractivity contribution in [3.8, 4) is 51.4 Å². The minimum absolute atomic E-state index is 0.359. The number of aromatic nitrogens is 3. The molecule has 4 aliphatic carbocycles. The topological polar surface area (TPSA) is 75.6 Å². The van der Waals surface area contributed by atoms with E-state index < -0.39 is 0 Å². The Morgan fingerprint density at radius 1 is 0.531 bits per heavy atom. The van der Waals surface area contributed by atoms with Crippen molar-refractivity contribution in [2.75, 3.05) is 0 Å². The van der Waals surface area contributed by atoms with E-state index in [1.807, 2.05) is 30.3 Å². The Kier molecular flexibility index (Phi) is 6.36. The van der Waals surface area contributed by atoms with E-state index in [9.17, 15) is 5.26 Å². The molecule has 4 saturated carbocycles. The quantitative estimate of drug-likeness (QED) is 0.188. The third kappa shape index (κ3) is 4.85. The highest BCUT2D eigenvalue weighted by Gasteiger charge is 2.51. The van der Waals surface area contributed by atoms with Crippen LogP contribution < -0.4 is 0 Å². The molecule has 49 heavy (non-hydrogen) atoms. The zero-order valence-electron chi connectivity index (χ0n) is 27.1. The lowest BCUT2D eigenvalue weighted by Gasteiger charge is -2.57. The molecule has 0 radical (unpaired) electrons. The third-order valence-electron chi connectivity index (χ3n) is 11.5. The SMILES string of the molecule is N#Cc1ccc2oc3cc(-c4cccc(-c5nc(-c6ccccc6)nc(-c6ccc(C78C[C@H]9C[C@H](C7)C[C@@H](C8)C9)cc6)n5)c4)ccc3c2c1. The van der Waals surface area contributed by atoms with Gasteiger partial charge in [-0.2, -0.15) is 5.26 Å². The lowest BCUT2D eigenvalue weighted by molar-refractivity contribution is -0.00518. The fourth-order valence-electron chi connectivity index (χ4n) is 9.65. The van der Waals surface area contributed by atoms with Crippen molar-refractivity contribution in [1.29, 1.82) is 5.26 Å². The van der Waals surface area contributed by atoms with Gasteiger partial charge in [0.15, 0.2) is 17.5 Å². The maximum atomic E-state index is 9.39. The number of furan rings is 1. The van der Waals surface area contributed by atoms with Gasteiger partial charge in [-0.25, -0.2) is 15.0 Å². The van der Waals surface area contributed by atoms with Crippen molar-refractivity contribution in [2.45, 2.75) is 43.9 Å². The first-order chi connectivity index (χ1) is 24.1. The molecule has 11 rings (SSSR count). The Bertz CT molecular complexity index is 2400. The molecule has 0 N–H and O–H groups in total. The van der Waals surface area contributed by atoms with Crippen LogP contribution in [0.1, 0.15) is 49.7 Å². The zero-order valence-corrected chi connectivity index (χ0v) is 27.1. The number of hydrogen-bond donors (Lipinski definition) is 0. The number of nitrogens with zero attached hydrogens (tertiary/aromatic N) is 4. The van der Waals surface area contributed by atoms with Crippen molar-refractivity contribution < 1.29 is 4.42 Å². The Balaban J connectivity index is 1.03. The summed E-state index contributed by atoms with van der Waals surface area (Å²) in [5.74, 6) is 4.74. The number of fused-ring (bicyclic) bond motifs is 3. The molecule has 5 nitrogen and oxygen atoms in total. The second-order valence-electron chi connectivity index (χ2n) is 14.7. The lowest BCUT2D eigenvalue weighted by atomic mass is 9.48. The normalized spacial score (nSPS) is 22.5. The monoisotopic (exact) mass is 634 g/mol. The molecule has 2 heterocycles. The summed E-state index contributed by atoms with van der Waals surface area (Å²) in [6.07, 6.45) is 8.42. The van der Waals surface area contributed by atoms with E-state index in [1.165, 1.54) is 44.1 Å². The van der Waals surface area contributed by atoms with E-state index in [0.29, 0.717) is 28.5 Å². The number of rotatable bonds is 5. The van der Waals surface area contributed by atoms with Crippen LogP contribution in [0, 0.1) is 29.1 Å². The summed E-state index contributed by atoms with van der Waals surface area (Å²) in [6.45, 7) is 0. The molecule has 0 spiro atoms. The summed E-state index contributed by atoms with van der Waals surface area (Å²) in [5, 5.41) is 11.3. The molecular formula is C44H34N4O. The van der Waals surface area contributed by atoms with Crippen molar-refractivity contribution in [1.82, 2.24) is 15.0 Å². The Labute approximate surface area is 285 Å². The van der Waals surface area contributed by atoms with Gasteiger partial charge in [0.1, 0.15) is 11.2 Å². The summed E-state index contributed by atoms with van der Waals surface area (Å²) >= 11 is 0. The Hall–Kier alpha value is -5.60. The second kappa shape index (κ2) is 11.0. The lowest BCUT2D eigenvalue weighted by Crippen LogP contribution is -2.48. The van der Waals surface area contributed by atoms with Gasteiger partial charge in [0.2, 0.25) is 0 Å². The Morgan fingerprint density at radius 3 is 1.82 bits per heavy atom. The van der Waals surface area contributed by atoms with Gasteiger partial charge in [-0.1, -0.05) is 78.9 Å². The smallest absolute Gasteiger partial charge is 0.164 e. The van der Waals surface area contributed by atoms with Gasteiger partial charge in [0.05, 0.1) is 11.6 Å². The first kappa shape index (κ1) is 28.4. The molecule has 0 amide bonds. The molecule has 0 atom stereocenters. The molecule has 236 valence electrons. The standard InChI is InChI=1S/C44H34N4O/c45-26-27-9-16-39-38(20-27)37-15-12-34(22-40(37)49-39)33-7-4-8-35(21-33)43-47-41(31-5-2-1-3-6-31)46-42(48-43)32-10-13-36(14-11-32)44-23-28-17-29(24-44)19-30(18-28)25-44/h1-16,20-22,28-30H,17-19,23-25H2/t28-,29-,30-,44?. The minimum atomic E-state index is 0.359. The molecule has 4 fully saturated rings. The Morgan fingerprint density at radius 2 is 1.12 bits per heavy atom. The van der Waals surface area contributed by atoms with E-state index in [-0.39, 0.29) is 0 Å². The van der Waals surface area contributed by atoms with Crippen LogP contribution in [0.3, 0.4) is 0 Å². The second-order valence-corrected chi connectivity index (χ2v) is 14.7. The van der Waals surface area contributed by atoms with Crippen LogP contribution in [0.15, 0.2) is 120 Å². The molecule has 4 bridgehead atoms. The average Bonchev–Trinajstić information content (AvgIpc) is 3.52. The predicted octanol–water partition coefficient (Wildman–Crippen LogP) is 10.8. The van der Waals surface area contributed by atoms with Crippen LogP contribution in [0.2, 0.25) is 0 Å². The van der Waals surface area contributed by atoms with Gasteiger partial charge < -0.3 is 4.42 Å². The summed E-state index contributed by atoms with van der Waals surface area (Å²) in [4.78, 5) is 15.1. The summed E-state index contributed by atoms with van der Waals surface area (Å²) < 4.78 is 6.19. The highest BCUT2D eigenvalue weighted by atomic mass is 16.3. The third-order valence-corrected chi connectivity index (χ3v) is 11.5. The van der Waals surface area contributed by atoms with Crippen LogP contribution in [0.25, 0.3) is 67.2 Å². The van der Waals surface area contributed by atoms with E-state index in [0.717, 1.165) is 67.5 Å². The first-order valence-corrected chi connectivity index (χ1v) is 17.5. The van der Waals surface area contributed by atoms with E-state index >= 15 is 0 Å². The maximum absolute atomic E-state index is 9.39. The average molecular weight is 635 g/mol. The van der Waals surface area contributed by atoms with Crippen LogP contribution >= 0.6 is 0 Å². The van der Waals surface area contributed by atoms with E-state index in [1.54, 1.807) is 6.07 Å². The predicted molar refractivity (Wildman–Crippen MR) is 193 cm³/mol.